The number of phenolic OH excluding ortho intramolecular Hbond substituents is 1. The van der Waals surface area contributed by atoms with Crippen molar-refractivity contribution in [3.05, 3.63) is 147 Å². The molecule has 4 aliphatic rings. The van der Waals surface area contributed by atoms with Crippen molar-refractivity contribution in [1.82, 2.24) is 0 Å². The van der Waals surface area contributed by atoms with Crippen molar-refractivity contribution < 1.29 is 29.0 Å². The van der Waals surface area contributed by atoms with Crippen molar-refractivity contribution in [2.75, 3.05) is 35.9 Å². The van der Waals surface area contributed by atoms with E-state index in [1.165, 1.54) is 16.9 Å². The largest absolute Gasteiger partial charge is 0.504 e. The normalized spacial score (nSPS) is 24.7. The van der Waals surface area contributed by atoms with Crippen LogP contribution >= 0.6 is 34.2 Å². The van der Waals surface area contributed by atoms with Gasteiger partial charge in [-0.05, 0) is 131 Å². The van der Waals surface area contributed by atoms with Crippen molar-refractivity contribution in [2.45, 2.75) is 24.2 Å². The summed E-state index contributed by atoms with van der Waals surface area (Å²) >= 11 is 8.48. The number of methoxy groups -OCH3 is 1. The molecular weight excluding hydrogens is 893 g/mol. The lowest BCUT2D eigenvalue weighted by Crippen LogP contribution is -2.53. The number of hydrogen-bond donors (Lipinski definition) is 1. The number of allylic oxidation sites excluding steroid dienone is 2. The number of carbonyl (C=O) groups is 4. The Labute approximate surface area is 365 Å². The Kier molecular flexibility index (Phi) is 10.1. The molecular formula is C47H39ClIN5O6. The summed E-state index contributed by atoms with van der Waals surface area (Å²) in [5.41, 5.74) is 3.65. The number of halogens is 2. The van der Waals surface area contributed by atoms with Crippen LogP contribution < -0.4 is 19.4 Å². The Balaban J connectivity index is 1.13. The van der Waals surface area contributed by atoms with Crippen LogP contribution in [0.15, 0.2) is 137 Å². The Morgan fingerprint density at radius 1 is 0.783 bits per heavy atom. The second-order valence-corrected chi connectivity index (χ2v) is 17.4. The number of benzene rings is 5. The van der Waals surface area contributed by atoms with Gasteiger partial charge in [-0.1, -0.05) is 59.6 Å². The SMILES string of the molecule is COc1cc([C@H]2C3=CC[C@@H]4C(=O)N(c5ccc(N=Nc6ccc(N(C)C)cc6)cc5)C(=O)[C@@H]4[C@@H]3C[C@H]3C(=O)N(c4cccc(Cl)c4)C(=O)[C@@]23c2ccccc2)cc(I)c1O. The van der Waals surface area contributed by atoms with E-state index in [9.17, 15) is 14.7 Å². The molecule has 2 aliphatic heterocycles. The zero-order chi connectivity index (χ0) is 42.0. The topological polar surface area (TPSA) is 132 Å². The minimum Gasteiger partial charge on any atom is -0.504 e. The maximum absolute atomic E-state index is 15.5. The van der Waals surface area contributed by atoms with Gasteiger partial charge < -0.3 is 14.7 Å². The van der Waals surface area contributed by atoms with Crippen molar-refractivity contribution in [2.24, 2.45) is 33.9 Å². The summed E-state index contributed by atoms with van der Waals surface area (Å²) in [5, 5.41) is 20.1. The Bertz CT molecular complexity index is 2640. The van der Waals surface area contributed by atoms with E-state index < -0.39 is 46.8 Å². The van der Waals surface area contributed by atoms with Crippen LogP contribution in [-0.2, 0) is 24.6 Å². The molecule has 5 aromatic carbocycles. The first-order valence-corrected chi connectivity index (χ1v) is 21.0. The van der Waals surface area contributed by atoms with Crippen LogP contribution in [0.1, 0.15) is 29.9 Å². The van der Waals surface area contributed by atoms with Gasteiger partial charge in [0.25, 0.3) is 0 Å². The summed E-state index contributed by atoms with van der Waals surface area (Å²) in [4.78, 5) is 64.3. The molecule has 0 bridgehead atoms. The minimum absolute atomic E-state index is 0.0510. The van der Waals surface area contributed by atoms with E-state index in [0.717, 1.165) is 11.3 Å². The van der Waals surface area contributed by atoms with Gasteiger partial charge in [0.1, 0.15) is 0 Å². The lowest BCUT2D eigenvalue weighted by Gasteiger charge is -2.50. The molecule has 0 spiro atoms. The van der Waals surface area contributed by atoms with E-state index in [-0.39, 0.29) is 36.2 Å². The predicted octanol–water partition coefficient (Wildman–Crippen LogP) is 9.51. The predicted molar refractivity (Wildman–Crippen MR) is 237 cm³/mol. The summed E-state index contributed by atoms with van der Waals surface area (Å²) in [6.07, 6.45) is 2.41. The highest BCUT2D eigenvalue weighted by Gasteiger charge is 2.70. The summed E-state index contributed by atoms with van der Waals surface area (Å²) in [6, 6.07) is 34.0. The third-order valence-electron chi connectivity index (χ3n) is 12.5. The van der Waals surface area contributed by atoms with E-state index >= 15 is 9.59 Å². The van der Waals surface area contributed by atoms with Gasteiger partial charge in [0.05, 0.1) is 56.6 Å². The van der Waals surface area contributed by atoms with Gasteiger partial charge in [-0.2, -0.15) is 10.2 Å². The quantitative estimate of drug-likeness (QED) is 0.0710. The maximum atomic E-state index is 15.5. The third kappa shape index (κ3) is 6.21. The molecule has 1 saturated carbocycles. The smallest absolute Gasteiger partial charge is 0.246 e. The van der Waals surface area contributed by atoms with Gasteiger partial charge in [0, 0.05) is 30.7 Å². The van der Waals surface area contributed by atoms with Gasteiger partial charge >= 0.3 is 0 Å². The average Bonchev–Trinajstić information content (AvgIpc) is 3.65. The van der Waals surface area contributed by atoms with Crippen LogP contribution in [0.4, 0.5) is 28.4 Å². The molecule has 302 valence electrons. The number of imide groups is 2. The molecule has 5 aromatic rings. The molecule has 2 aliphatic carbocycles. The molecule has 0 aromatic heterocycles. The molecule has 60 heavy (non-hydrogen) atoms. The van der Waals surface area contributed by atoms with Crippen LogP contribution in [0, 0.1) is 27.2 Å². The second-order valence-electron chi connectivity index (χ2n) is 15.8. The summed E-state index contributed by atoms with van der Waals surface area (Å²) in [7, 11) is 5.39. The lowest BCUT2D eigenvalue weighted by atomic mass is 9.49. The molecule has 2 heterocycles. The first-order valence-electron chi connectivity index (χ1n) is 19.6. The average molecular weight is 932 g/mol. The van der Waals surface area contributed by atoms with Gasteiger partial charge in [0.2, 0.25) is 23.6 Å². The molecule has 6 atom stereocenters. The molecule has 11 nitrogen and oxygen atoms in total. The van der Waals surface area contributed by atoms with Gasteiger partial charge in [-0.3, -0.25) is 24.1 Å². The molecule has 0 radical (unpaired) electrons. The lowest BCUT2D eigenvalue weighted by molar-refractivity contribution is -0.127. The fourth-order valence-electron chi connectivity index (χ4n) is 9.89. The number of ether oxygens (including phenoxy) is 1. The standard InChI is InChI=1S/C47H39ClIN5O6/c1-52(2)31-16-12-29(13-17-31)50-51-30-14-18-32(19-15-30)53-43(56)35-21-20-34-36(40(35)45(53)58)25-37-44(57)54(33-11-7-10-28(48)24-33)46(59)47(37,27-8-5-4-6-9-27)41(34)26-22-38(49)42(55)39(23-26)60-3/h4-20,22-24,35-37,40-41,55H,21,25H2,1-3H3/t35-,36+,37-,40-,41-,47+/m0/s1. The van der Waals surface area contributed by atoms with Crippen LogP contribution in [0.2, 0.25) is 5.02 Å². The number of carbonyl (C=O) groups excluding carboxylic acids is 4. The first-order chi connectivity index (χ1) is 28.9. The van der Waals surface area contributed by atoms with Crippen molar-refractivity contribution >= 4 is 86.3 Å². The molecule has 9 rings (SSSR count). The van der Waals surface area contributed by atoms with Crippen molar-refractivity contribution in [1.29, 1.82) is 0 Å². The van der Waals surface area contributed by atoms with Gasteiger partial charge in [0.15, 0.2) is 11.5 Å². The number of nitrogens with zero attached hydrogens (tertiary/aromatic N) is 5. The van der Waals surface area contributed by atoms with Crippen LogP contribution in [0.5, 0.6) is 11.5 Å². The number of aromatic hydroxyl groups is 1. The van der Waals surface area contributed by atoms with Crippen LogP contribution in [-0.4, -0.2) is 49.9 Å². The molecule has 3 fully saturated rings. The zero-order valence-corrected chi connectivity index (χ0v) is 35.7. The number of fused-ring (bicyclic) bond motifs is 4. The highest BCUT2D eigenvalue weighted by atomic mass is 127. The highest BCUT2D eigenvalue weighted by molar-refractivity contribution is 14.1. The van der Waals surface area contributed by atoms with Crippen molar-refractivity contribution in [3.8, 4) is 11.5 Å². The number of hydrogen-bond acceptors (Lipinski definition) is 9. The third-order valence-corrected chi connectivity index (χ3v) is 13.6. The minimum atomic E-state index is -1.47. The fourth-order valence-corrected chi connectivity index (χ4v) is 10.7. The maximum Gasteiger partial charge on any atom is 0.246 e. The highest BCUT2D eigenvalue weighted by Crippen LogP contribution is 2.65. The second kappa shape index (κ2) is 15.3. The number of rotatable bonds is 8. The summed E-state index contributed by atoms with van der Waals surface area (Å²) < 4.78 is 6.14. The van der Waals surface area contributed by atoms with Crippen molar-refractivity contribution in [3.63, 3.8) is 0 Å². The molecule has 13 heteroatoms. The molecule has 2 saturated heterocycles. The van der Waals surface area contributed by atoms with E-state index in [1.54, 1.807) is 54.6 Å². The van der Waals surface area contributed by atoms with E-state index in [1.807, 2.05) is 108 Å². The van der Waals surface area contributed by atoms with E-state index in [4.69, 9.17) is 16.3 Å². The van der Waals surface area contributed by atoms with Crippen LogP contribution in [0.25, 0.3) is 0 Å². The van der Waals surface area contributed by atoms with Gasteiger partial charge in [-0.15, -0.1) is 0 Å². The first kappa shape index (κ1) is 39.6. The van der Waals surface area contributed by atoms with E-state index in [0.29, 0.717) is 42.5 Å². The monoisotopic (exact) mass is 931 g/mol. The Morgan fingerprint density at radius 3 is 2.12 bits per heavy atom. The number of azo groups is 1. The number of amides is 4. The molecule has 1 N–H and O–H groups in total. The number of phenols is 1. The molecule has 0 unspecified atom stereocenters. The van der Waals surface area contributed by atoms with Crippen LogP contribution in [0.3, 0.4) is 0 Å². The Hall–Kier alpha value is -5.86. The molecule has 4 amide bonds. The summed E-state index contributed by atoms with van der Waals surface area (Å²) in [5.74, 6) is -5.11. The Morgan fingerprint density at radius 2 is 1.47 bits per heavy atom. The zero-order valence-electron chi connectivity index (χ0n) is 32.8. The summed E-state index contributed by atoms with van der Waals surface area (Å²) in [6.45, 7) is 0. The van der Waals surface area contributed by atoms with E-state index in [2.05, 4.69) is 10.2 Å². The van der Waals surface area contributed by atoms with Gasteiger partial charge in [-0.25, -0.2) is 4.90 Å². The fraction of sp³-hybridized carbons (Fsp3) is 0.234. The number of anilines is 3.